The van der Waals surface area contributed by atoms with Gasteiger partial charge < -0.3 is 26.4 Å². The van der Waals surface area contributed by atoms with E-state index >= 15 is 0 Å². The lowest BCUT2D eigenvalue weighted by Gasteiger charge is -2.16. The predicted molar refractivity (Wildman–Crippen MR) is 108 cm³/mol. The fraction of sp³-hybridized carbons (Fsp3) is 0.474. The van der Waals surface area contributed by atoms with Gasteiger partial charge in [-0.05, 0) is 45.9 Å². The van der Waals surface area contributed by atoms with Crippen molar-refractivity contribution in [2.75, 3.05) is 30.9 Å². The van der Waals surface area contributed by atoms with E-state index in [-0.39, 0.29) is 6.04 Å². The Hall–Kier alpha value is -2.58. The van der Waals surface area contributed by atoms with Crippen molar-refractivity contribution in [3.8, 4) is 5.75 Å². The van der Waals surface area contributed by atoms with Crippen LogP contribution in [-0.2, 0) is 11.3 Å². The number of pyridine rings is 1. The first-order valence-corrected chi connectivity index (χ1v) is 9.32. The largest absolute Gasteiger partial charge is 0.493 e. The third-order valence-corrected chi connectivity index (χ3v) is 4.09. The molecular weight excluding hydrogens is 344 g/mol. The zero-order valence-corrected chi connectivity index (χ0v) is 16.2. The van der Waals surface area contributed by atoms with E-state index in [9.17, 15) is 0 Å². The van der Waals surface area contributed by atoms with E-state index in [4.69, 9.17) is 20.9 Å². The summed E-state index contributed by atoms with van der Waals surface area (Å²) in [7, 11) is 0. The molecule has 0 unspecified atom stereocenters. The molecule has 3 rings (SSSR count). The summed E-state index contributed by atoms with van der Waals surface area (Å²) < 4.78 is 13.3. The van der Waals surface area contributed by atoms with Gasteiger partial charge in [0.05, 0.1) is 12.1 Å². The molecule has 0 radical (unpaired) electrons. The van der Waals surface area contributed by atoms with E-state index in [2.05, 4.69) is 29.2 Å². The molecular formula is C19H28N6O2. The predicted octanol–water partition coefficient (Wildman–Crippen LogP) is 2.38. The molecule has 146 valence electrons. The Morgan fingerprint density at radius 3 is 2.78 bits per heavy atom. The van der Waals surface area contributed by atoms with Gasteiger partial charge in [0.2, 0.25) is 0 Å². The molecule has 0 aliphatic heterocycles. The van der Waals surface area contributed by atoms with Crippen molar-refractivity contribution in [2.45, 2.75) is 39.8 Å². The first-order valence-electron chi connectivity index (χ1n) is 9.32. The summed E-state index contributed by atoms with van der Waals surface area (Å²) in [6.07, 6.45) is 0.804. The number of imidazole rings is 1. The van der Waals surface area contributed by atoms with E-state index in [0.717, 1.165) is 34.4 Å². The topological polar surface area (TPSA) is 113 Å². The molecule has 27 heavy (non-hydrogen) atoms. The summed E-state index contributed by atoms with van der Waals surface area (Å²) >= 11 is 0. The van der Waals surface area contributed by atoms with Crippen molar-refractivity contribution < 1.29 is 9.47 Å². The van der Waals surface area contributed by atoms with Crippen LogP contribution in [0.4, 0.5) is 5.82 Å². The zero-order valence-electron chi connectivity index (χ0n) is 16.2. The van der Waals surface area contributed by atoms with Gasteiger partial charge in [0.15, 0.2) is 11.6 Å². The Balaban J connectivity index is 2.13. The molecule has 0 spiro atoms. The zero-order chi connectivity index (χ0) is 19.4. The molecule has 0 fully saturated rings. The molecule has 5 N–H and O–H groups in total. The Kier molecular flexibility index (Phi) is 5.98. The van der Waals surface area contributed by atoms with Crippen molar-refractivity contribution in [1.29, 1.82) is 0 Å². The fourth-order valence-corrected chi connectivity index (χ4v) is 2.93. The minimum Gasteiger partial charge on any atom is -0.493 e. The first kappa shape index (κ1) is 19.2. The van der Waals surface area contributed by atoms with Gasteiger partial charge in [-0.3, -0.25) is 0 Å². The number of nitrogens with two attached hydrogens (primary N) is 2. The molecule has 2 aromatic heterocycles. The Morgan fingerprint density at radius 1 is 1.26 bits per heavy atom. The molecule has 0 saturated carbocycles. The van der Waals surface area contributed by atoms with Crippen LogP contribution >= 0.6 is 0 Å². The number of nitrogen functional groups attached to an aromatic ring is 1. The van der Waals surface area contributed by atoms with Crippen LogP contribution in [0.1, 0.15) is 33.0 Å². The number of fused-ring (bicyclic) bond motifs is 3. The quantitative estimate of drug-likeness (QED) is 0.494. The summed E-state index contributed by atoms with van der Waals surface area (Å²) in [5, 5.41) is 0.953. The van der Waals surface area contributed by atoms with Crippen LogP contribution in [0.15, 0.2) is 18.2 Å². The summed E-state index contributed by atoms with van der Waals surface area (Å²) in [6.45, 7) is 8.29. The summed E-state index contributed by atoms with van der Waals surface area (Å²) in [5.74, 6) is 1.91. The number of nitrogens with one attached hydrogen (secondary N) is 1. The second-order valence-corrected chi connectivity index (χ2v) is 6.65. The van der Waals surface area contributed by atoms with Gasteiger partial charge in [0.25, 0.3) is 0 Å². The molecule has 0 atom stereocenters. The molecule has 0 aliphatic carbocycles. The monoisotopic (exact) mass is 372 g/mol. The first-order chi connectivity index (χ1) is 13.0. The lowest BCUT2D eigenvalue weighted by Crippen LogP contribution is -2.24. The van der Waals surface area contributed by atoms with Crippen molar-refractivity contribution in [2.24, 2.45) is 5.73 Å². The molecule has 3 aromatic rings. The molecule has 1 aromatic carbocycles. The Bertz CT molecular complexity index is 922. The van der Waals surface area contributed by atoms with E-state index in [1.807, 2.05) is 29.8 Å². The van der Waals surface area contributed by atoms with Gasteiger partial charge in [-0.2, -0.15) is 0 Å². The molecule has 0 amide bonds. The Labute approximate surface area is 158 Å². The van der Waals surface area contributed by atoms with Crippen LogP contribution in [-0.4, -0.2) is 40.4 Å². The van der Waals surface area contributed by atoms with E-state index in [1.165, 1.54) is 0 Å². The molecule has 0 aliphatic rings. The maximum Gasteiger partial charge on any atom is 0.154 e. The van der Waals surface area contributed by atoms with Crippen molar-refractivity contribution >= 4 is 27.8 Å². The van der Waals surface area contributed by atoms with Crippen LogP contribution in [0.5, 0.6) is 5.75 Å². The minimum absolute atomic E-state index is 0.214. The normalized spacial score (nSPS) is 11.6. The second kappa shape index (κ2) is 8.41. The standard InChI is InChI=1S/C19H28N6O2/c1-4-26-11-16-23-17-18(25(16)24-12(2)3)14-7-6-13(27-9-5-8-20)10-15(14)22-19(17)21/h6-7,10,12,24H,4-5,8-9,11,20H2,1-3H3,(H2,21,22). The number of benzene rings is 1. The molecule has 8 nitrogen and oxygen atoms in total. The maximum atomic E-state index is 6.22. The average Bonchev–Trinajstić information content (AvgIpc) is 2.99. The highest BCUT2D eigenvalue weighted by Crippen LogP contribution is 2.30. The SMILES string of the molecule is CCOCc1nc2c(N)nc3cc(OCCCN)ccc3c2n1NC(C)C. The maximum absolute atomic E-state index is 6.22. The summed E-state index contributed by atoms with van der Waals surface area (Å²) in [4.78, 5) is 9.21. The second-order valence-electron chi connectivity index (χ2n) is 6.65. The lowest BCUT2D eigenvalue weighted by molar-refractivity contribution is 0.127. The third kappa shape index (κ3) is 4.06. The molecule has 2 heterocycles. The molecule has 0 saturated heterocycles. The van der Waals surface area contributed by atoms with Gasteiger partial charge in [0, 0.05) is 24.1 Å². The minimum atomic E-state index is 0.214. The molecule has 8 heteroatoms. The van der Waals surface area contributed by atoms with Crippen molar-refractivity contribution in [1.82, 2.24) is 14.6 Å². The summed E-state index contributed by atoms with van der Waals surface area (Å²) in [5.41, 5.74) is 17.5. The van der Waals surface area contributed by atoms with Gasteiger partial charge in [-0.25, -0.2) is 14.6 Å². The number of anilines is 1. The van der Waals surface area contributed by atoms with Crippen molar-refractivity contribution in [3.05, 3.63) is 24.0 Å². The Morgan fingerprint density at radius 2 is 2.07 bits per heavy atom. The van der Waals surface area contributed by atoms with Crippen LogP contribution < -0.4 is 21.6 Å². The fourth-order valence-electron chi connectivity index (χ4n) is 2.93. The number of ether oxygens (including phenoxy) is 2. The molecule has 0 bridgehead atoms. The number of nitrogens with zero attached hydrogens (tertiary/aromatic N) is 3. The number of rotatable bonds is 9. The highest BCUT2D eigenvalue weighted by atomic mass is 16.5. The average molecular weight is 372 g/mol. The number of hydrogen-bond donors (Lipinski definition) is 3. The van der Waals surface area contributed by atoms with E-state index in [0.29, 0.717) is 37.7 Å². The third-order valence-electron chi connectivity index (χ3n) is 4.09. The van der Waals surface area contributed by atoms with Gasteiger partial charge in [-0.15, -0.1) is 0 Å². The highest BCUT2D eigenvalue weighted by molar-refractivity contribution is 6.07. The summed E-state index contributed by atoms with van der Waals surface area (Å²) in [6, 6.07) is 6.04. The highest BCUT2D eigenvalue weighted by Gasteiger charge is 2.18. The lowest BCUT2D eigenvalue weighted by atomic mass is 10.2. The van der Waals surface area contributed by atoms with Crippen LogP contribution in [0.2, 0.25) is 0 Å². The number of hydrogen-bond acceptors (Lipinski definition) is 7. The van der Waals surface area contributed by atoms with Crippen LogP contribution in [0.25, 0.3) is 21.9 Å². The van der Waals surface area contributed by atoms with E-state index < -0.39 is 0 Å². The van der Waals surface area contributed by atoms with Gasteiger partial charge >= 0.3 is 0 Å². The van der Waals surface area contributed by atoms with Gasteiger partial charge in [0.1, 0.15) is 23.4 Å². The van der Waals surface area contributed by atoms with Crippen LogP contribution in [0, 0.1) is 0 Å². The van der Waals surface area contributed by atoms with E-state index in [1.54, 1.807) is 0 Å². The number of aromatic nitrogens is 3. The van der Waals surface area contributed by atoms with Crippen molar-refractivity contribution in [3.63, 3.8) is 0 Å². The van der Waals surface area contributed by atoms with Crippen LogP contribution in [0.3, 0.4) is 0 Å². The van der Waals surface area contributed by atoms with Gasteiger partial charge in [-0.1, -0.05) is 0 Å². The smallest absolute Gasteiger partial charge is 0.154 e.